The number of hydrogen-bond donors (Lipinski definition) is 0. The molecule has 9 nitrogen and oxygen atoms in total. The SMILES string of the molecule is CCCCN(CC(=O)N1c2ccccc2-n2cccc2C1c1ccc(OC)cc1)C(=O)/C=C/c1ccc([N+](=O)[O-])cc1. The Morgan fingerprint density at radius 2 is 1.69 bits per heavy atom. The highest BCUT2D eigenvalue weighted by atomic mass is 16.6. The number of para-hydroxylation sites is 2. The Balaban J connectivity index is 1.46. The van der Waals surface area contributed by atoms with Gasteiger partial charge in [-0.3, -0.25) is 24.6 Å². The van der Waals surface area contributed by atoms with Crippen molar-refractivity contribution in [2.24, 2.45) is 0 Å². The van der Waals surface area contributed by atoms with Gasteiger partial charge >= 0.3 is 0 Å². The molecule has 0 saturated heterocycles. The van der Waals surface area contributed by atoms with Crippen molar-refractivity contribution in [2.45, 2.75) is 25.8 Å². The Morgan fingerprint density at radius 1 is 0.976 bits per heavy atom. The molecule has 0 aliphatic carbocycles. The monoisotopic (exact) mass is 564 g/mol. The van der Waals surface area contributed by atoms with Crippen LogP contribution in [0, 0.1) is 10.1 Å². The van der Waals surface area contributed by atoms with Gasteiger partial charge in [-0.2, -0.15) is 0 Å². The van der Waals surface area contributed by atoms with Gasteiger partial charge in [0, 0.05) is 31.0 Å². The van der Waals surface area contributed by atoms with Crippen molar-refractivity contribution in [3.63, 3.8) is 0 Å². The number of carbonyl (C=O) groups is 2. The first kappa shape index (κ1) is 28.4. The number of non-ortho nitro benzene ring substituents is 1. The van der Waals surface area contributed by atoms with E-state index < -0.39 is 11.0 Å². The van der Waals surface area contributed by atoms with E-state index in [1.807, 2.05) is 73.8 Å². The normalized spacial score (nSPS) is 13.9. The highest BCUT2D eigenvalue weighted by molar-refractivity contribution is 6.02. The molecule has 0 radical (unpaired) electrons. The smallest absolute Gasteiger partial charge is 0.269 e. The highest BCUT2D eigenvalue weighted by Crippen LogP contribution is 2.42. The number of aromatic nitrogens is 1. The van der Waals surface area contributed by atoms with Gasteiger partial charge in [0.05, 0.1) is 29.1 Å². The average molecular weight is 565 g/mol. The fraction of sp³-hybridized carbons (Fsp3) is 0.212. The van der Waals surface area contributed by atoms with Crippen molar-refractivity contribution >= 4 is 29.3 Å². The molecule has 0 saturated carbocycles. The van der Waals surface area contributed by atoms with Crippen LogP contribution in [0.15, 0.2) is 97.2 Å². The summed E-state index contributed by atoms with van der Waals surface area (Å²) in [7, 11) is 1.62. The zero-order chi connectivity index (χ0) is 29.6. The molecular formula is C33H32N4O5. The summed E-state index contributed by atoms with van der Waals surface area (Å²) in [6.45, 7) is 2.35. The fourth-order valence-electron chi connectivity index (χ4n) is 5.20. The second-order valence-corrected chi connectivity index (χ2v) is 10.0. The maximum atomic E-state index is 14.3. The molecule has 1 atom stereocenters. The van der Waals surface area contributed by atoms with E-state index in [1.54, 1.807) is 35.1 Å². The van der Waals surface area contributed by atoms with Crippen molar-refractivity contribution in [3.05, 3.63) is 124 Å². The summed E-state index contributed by atoms with van der Waals surface area (Å²) >= 11 is 0. The van der Waals surface area contributed by atoms with E-state index >= 15 is 0 Å². The minimum Gasteiger partial charge on any atom is -0.497 e. The molecule has 214 valence electrons. The summed E-state index contributed by atoms with van der Waals surface area (Å²) < 4.78 is 7.46. The second kappa shape index (κ2) is 12.6. The molecule has 1 aliphatic heterocycles. The van der Waals surface area contributed by atoms with E-state index in [4.69, 9.17) is 4.74 Å². The van der Waals surface area contributed by atoms with Crippen LogP contribution in [0.2, 0.25) is 0 Å². The first-order valence-corrected chi connectivity index (χ1v) is 13.9. The molecular weight excluding hydrogens is 532 g/mol. The predicted molar refractivity (Wildman–Crippen MR) is 162 cm³/mol. The van der Waals surface area contributed by atoms with E-state index in [0.717, 1.165) is 41.2 Å². The van der Waals surface area contributed by atoms with Gasteiger partial charge in [0.2, 0.25) is 11.8 Å². The zero-order valence-electron chi connectivity index (χ0n) is 23.6. The summed E-state index contributed by atoms with van der Waals surface area (Å²) in [5.74, 6) is 0.216. The minimum atomic E-state index is -0.467. The molecule has 5 rings (SSSR count). The van der Waals surface area contributed by atoms with Gasteiger partial charge in [0.25, 0.3) is 5.69 Å². The quantitative estimate of drug-likeness (QED) is 0.130. The van der Waals surface area contributed by atoms with Crippen molar-refractivity contribution in [1.82, 2.24) is 9.47 Å². The molecule has 1 aromatic heterocycles. The number of unbranched alkanes of at least 4 members (excludes halogenated alkanes) is 1. The number of amides is 2. The van der Waals surface area contributed by atoms with E-state index in [1.165, 1.54) is 18.2 Å². The number of rotatable bonds is 10. The Hall–Kier alpha value is -5.18. The summed E-state index contributed by atoms with van der Waals surface area (Å²) in [6.07, 6.45) is 6.62. The Bertz CT molecular complexity index is 1610. The molecule has 1 unspecified atom stereocenters. The average Bonchev–Trinajstić information content (AvgIpc) is 3.51. The van der Waals surface area contributed by atoms with Crippen LogP contribution >= 0.6 is 0 Å². The third-order valence-electron chi connectivity index (χ3n) is 7.36. The molecule has 2 amide bonds. The standard InChI is InChI=1S/C33H32N4O5/c1-3-4-21-34(31(38)20-13-24-11-16-26(17-12-24)37(40)41)23-32(39)36-29-9-6-5-8-28(29)35-22-7-10-30(35)33(36)25-14-18-27(42-2)19-15-25/h5-20,22,33H,3-4,21,23H2,1-2H3/b20-13+. The lowest BCUT2D eigenvalue weighted by molar-refractivity contribution is -0.384. The molecule has 9 heteroatoms. The van der Waals surface area contributed by atoms with Crippen LogP contribution in [0.1, 0.15) is 42.6 Å². The lowest BCUT2D eigenvalue weighted by atomic mass is 9.97. The molecule has 1 aliphatic rings. The van der Waals surface area contributed by atoms with Crippen LogP contribution in [0.4, 0.5) is 11.4 Å². The van der Waals surface area contributed by atoms with Gasteiger partial charge in [0.15, 0.2) is 0 Å². The maximum absolute atomic E-state index is 14.3. The number of benzene rings is 3. The lowest BCUT2D eigenvalue weighted by Crippen LogP contribution is -2.46. The van der Waals surface area contributed by atoms with E-state index in [0.29, 0.717) is 12.1 Å². The van der Waals surface area contributed by atoms with Gasteiger partial charge in [-0.15, -0.1) is 0 Å². The van der Waals surface area contributed by atoms with Crippen molar-refractivity contribution in [1.29, 1.82) is 0 Å². The molecule has 0 fully saturated rings. The molecule has 0 N–H and O–H groups in total. The third-order valence-corrected chi connectivity index (χ3v) is 7.36. The van der Waals surface area contributed by atoms with E-state index in [2.05, 4.69) is 4.57 Å². The number of carbonyl (C=O) groups excluding carboxylic acids is 2. The molecule has 42 heavy (non-hydrogen) atoms. The van der Waals surface area contributed by atoms with Crippen LogP contribution < -0.4 is 9.64 Å². The van der Waals surface area contributed by atoms with Crippen LogP contribution in [-0.2, 0) is 9.59 Å². The topological polar surface area (TPSA) is 97.9 Å². The number of nitrogens with zero attached hydrogens (tertiary/aromatic N) is 4. The first-order valence-electron chi connectivity index (χ1n) is 13.9. The predicted octanol–water partition coefficient (Wildman–Crippen LogP) is 6.17. The minimum absolute atomic E-state index is 0.0204. The van der Waals surface area contributed by atoms with Crippen LogP contribution in [0.25, 0.3) is 11.8 Å². The molecule has 0 spiro atoms. The summed E-state index contributed by atoms with van der Waals surface area (Å²) in [4.78, 5) is 41.5. The maximum Gasteiger partial charge on any atom is 0.269 e. The summed E-state index contributed by atoms with van der Waals surface area (Å²) in [5, 5.41) is 11.0. The molecule has 0 bridgehead atoms. The van der Waals surface area contributed by atoms with Crippen LogP contribution in [0.5, 0.6) is 5.75 Å². The second-order valence-electron chi connectivity index (χ2n) is 10.0. The molecule has 2 heterocycles. The van der Waals surface area contributed by atoms with Gasteiger partial charge in [-0.05, 0) is 72.2 Å². The van der Waals surface area contributed by atoms with Gasteiger partial charge < -0.3 is 14.2 Å². The fourth-order valence-corrected chi connectivity index (χ4v) is 5.20. The molecule has 3 aromatic carbocycles. The third kappa shape index (κ3) is 5.81. The van der Waals surface area contributed by atoms with Gasteiger partial charge in [-0.1, -0.05) is 37.6 Å². The summed E-state index contributed by atoms with van der Waals surface area (Å²) in [5.41, 5.74) is 4.14. The number of nitro groups is 1. The van der Waals surface area contributed by atoms with Crippen LogP contribution in [0.3, 0.4) is 0 Å². The Morgan fingerprint density at radius 3 is 2.36 bits per heavy atom. The highest BCUT2D eigenvalue weighted by Gasteiger charge is 2.36. The number of anilines is 1. The van der Waals surface area contributed by atoms with Gasteiger partial charge in [0.1, 0.15) is 18.3 Å². The Labute approximate surface area is 244 Å². The number of methoxy groups -OCH3 is 1. The number of fused-ring (bicyclic) bond motifs is 3. The van der Waals surface area contributed by atoms with Gasteiger partial charge in [-0.25, -0.2) is 0 Å². The van der Waals surface area contributed by atoms with E-state index in [9.17, 15) is 19.7 Å². The zero-order valence-corrected chi connectivity index (χ0v) is 23.6. The van der Waals surface area contributed by atoms with E-state index in [-0.39, 0.29) is 24.0 Å². The van der Waals surface area contributed by atoms with Crippen LogP contribution in [-0.4, -0.2) is 46.4 Å². The Kier molecular flexibility index (Phi) is 8.47. The number of nitro benzene ring substituents is 1. The van der Waals surface area contributed by atoms with Crippen molar-refractivity contribution in [3.8, 4) is 11.4 Å². The molecule has 4 aromatic rings. The summed E-state index contributed by atoms with van der Waals surface area (Å²) in [6, 6.07) is 25.0. The van der Waals surface area contributed by atoms with Crippen molar-refractivity contribution in [2.75, 3.05) is 25.1 Å². The van der Waals surface area contributed by atoms with Crippen molar-refractivity contribution < 1.29 is 19.2 Å². The number of hydrogen-bond acceptors (Lipinski definition) is 5. The number of ether oxygens (including phenoxy) is 1. The first-order chi connectivity index (χ1) is 20.4. The largest absolute Gasteiger partial charge is 0.497 e. The lowest BCUT2D eigenvalue weighted by Gasteiger charge is -2.39.